The highest BCUT2D eigenvalue weighted by molar-refractivity contribution is 7.89. The lowest BCUT2D eigenvalue weighted by Gasteiger charge is -2.38. The zero-order valence-electron chi connectivity index (χ0n) is 23.3. The number of anilines is 1. The minimum atomic E-state index is -3.79. The number of ether oxygens (including phenoxy) is 2. The fraction of sp³-hybridized carbons (Fsp3) is 0.355. The molecular weight excluding hydrogens is 542 g/mol. The third-order valence-electron chi connectivity index (χ3n) is 7.63. The molecule has 0 aliphatic carbocycles. The van der Waals surface area contributed by atoms with Crippen molar-refractivity contribution in [3.05, 3.63) is 83.9 Å². The van der Waals surface area contributed by atoms with Crippen molar-refractivity contribution in [2.24, 2.45) is 5.92 Å². The van der Waals surface area contributed by atoms with E-state index in [2.05, 4.69) is 5.32 Å². The van der Waals surface area contributed by atoms with Crippen LogP contribution < -0.4 is 19.7 Å². The van der Waals surface area contributed by atoms with Gasteiger partial charge >= 0.3 is 0 Å². The van der Waals surface area contributed by atoms with Gasteiger partial charge in [-0.25, -0.2) is 8.42 Å². The summed E-state index contributed by atoms with van der Waals surface area (Å²) >= 11 is 0. The van der Waals surface area contributed by atoms with Crippen LogP contribution in [-0.2, 0) is 26.0 Å². The summed E-state index contributed by atoms with van der Waals surface area (Å²) in [5, 5.41) is 2.94. The molecule has 2 heterocycles. The molecule has 1 N–H and O–H groups in total. The Morgan fingerprint density at radius 2 is 1.71 bits per heavy atom. The van der Waals surface area contributed by atoms with E-state index < -0.39 is 16.1 Å². The van der Waals surface area contributed by atoms with Crippen LogP contribution in [0.2, 0.25) is 0 Å². The van der Waals surface area contributed by atoms with Gasteiger partial charge in [0.1, 0.15) is 16.4 Å². The second-order valence-corrected chi connectivity index (χ2v) is 12.3. The van der Waals surface area contributed by atoms with Gasteiger partial charge < -0.3 is 19.7 Å². The van der Waals surface area contributed by atoms with E-state index in [1.165, 1.54) is 11.4 Å². The van der Waals surface area contributed by atoms with Crippen LogP contribution in [0.25, 0.3) is 0 Å². The molecule has 2 amide bonds. The summed E-state index contributed by atoms with van der Waals surface area (Å²) in [5.74, 6) is -0.0169. The highest BCUT2D eigenvalue weighted by Crippen LogP contribution is 2.36. The summed E-state index contributed by atoms with van der Waals surface area (Å²) in [5.41, 5.74) is 2.55. The number of aryl methyl sites for hydroxylation is 1. The van der Waals surface area contributed by atoms with Gasteiger partial charge in [0, 0.05) is 25.6 Å². The number of amides is 2. The molecule has 0 radical (unpaired) electrons. The van der Waals surface area contributed by atoms with Crippen LogP contribution in [0.1, 0.15) is 24.0 Å². The molecule has 2 aliphatic rings. The molecule has 5 rings (SSSR count). The smallest absolute Gasteiger partial charge is 0.262 e. The molecule has 10 heteroatoms. The predicted molar refractivity (Wildman–Crippen MR) is 156 cm³/mol. The van der Waals surface area contributed by atoms with Crippen LogP contribution in [-0.4, -0.2) is 63.9 Å². The van der Waals surface area contributed by atoms with Crippen LogP contribution in [0.5, 0.6) is 11.5 Å². The number of rotatable bonds is 8. The number of methoxy groups -OCH3 is 1. The largest absolute Gasteiger partial charge is 0.495 e. The number of carbonyl (C=O) groups is 2. The lowest BCUT2D eigenvalue weighted by molar-refractivity contribution is -0.129. The minimum absolute atomic E-state index is 0.0893. The standard InChI is InChI=1S/C31H35N3O6S/c1-22-12-13-27(39-2)29(20-22)41(37,38)33-18-15-24(16-19-33)31(36)34-21-28(40-26-11-7-6-10-25(26)34)30(35)32-17-14-23-8-4-3-5-9-23/h3-13,20,24,28H,14-19,21H2,1-2H3,(H,32,35). The summed E-state index contributed by atoms with van der Waals surface area (Å²) < 4.78 is 39.6. The number of para-hydroxylation sites is 2. The van der Waals surface area contributed by atoms with E-state index in [1.54, 1.807) is 41.3 Å². The SMILES string of the molecule is COc1ccc(C)cc1S(=O)(=O)N1CCC(C(=O)N2CC(C(=O)NCCc3ccccc3)Oc3ccccc32)CC1. The topological polar surface area (TPSA) is 105 Å². The van der Waals surface area contributed by atoms with E-state index >= 15 is 0 Å². The van der Waals surface area contributed by atoms with Gasteiger partial charge in [-0.3, -0.25) is 9.59 Å². The molecule has 1 fully saturated rings. The van der Waals surface area contributed by atoms with Crippen molar-refractivity contribution >= 4 is 27.5 Å². The summed E-state index contributed by atoms with van der Waals surface area (Å²) in [7, 11) is -2.34. The lowest BCUT2D eigenvalue weighted by Crippen LogP contribution is -2.53. The van der Waals surface area contributed by atoms with E-state index in [0.717, 1.165) is 11.1 Å². The van der Waals surface area contributed by atoms with Crippen molar-refractivity contribution in [2.45, 2.75) is 37.2 Å². The van der Waals surface area contributed by atoms with Gasteiger partial charge in [-0.05, 0) is 61.6 Å². The molecule has 2 aliphatic heterocycles. The molecule has 1 saturated heterocycles. The predicted octanol–water partition coefficient (Wildman–Crippen LogP) is 3.56. The van der Waals surface area contributed by atoms with Gasteiger partial charge in [-0.1, -0.05) is 48.5 Å². The van der Waals surface area contributed by atoms with Crippen molar-refractivity contribution in [2.75, 3.05) is 38.2 Å². The van der Waals surface area contributed by atoms with E-state index in [-0.39, 0.29) is 42.3 Å². The van der Waals surface area contributed by atoms with Crippen LogP contribution in [0.4, 0.5) is 5.69 Å². The number of fused-ring (bicyclic) bond motifs is 1. The Morgan fingerprint density at radius 3 is 2.44 bits per heavy atom. The second kappa shape index (κ2) is 12.3. The molecule has 0 aromatic heterocycles. The molecule has 1 unspecified atom stereocenters. The Balaban J connectivity index is 1.25. The third-order valence-corrected chi connectivity index (χ3v) is 9.55. The Kier molecular flexibility index (Phi) is 8.60. The summed E-state index contributed by atoms with van der Waals surface area (Å²) in [4.78, 5) is 28.6. The van der Waals surface area contributed by atoms with Gasteiger partial charge in [0.2, 0.25) is 15.9 Å². The first-order chi connectivity index (χ1) is 19.8. The Labute approximate surface area is 241 Å². The van der Waals surface area contributed by atoms with Crippen molar-refractivity contribution in [1.29, 1.82) is 0 Å². The van der Waals surface area contributed by atoms with Crippen LogP contribution in [0, 0.1) is 12.8 Å². The Bertz CT molecular complexity index is 1500. The maximum atomic E-state index is 13.8. The van der Waals surface area contributed by atoms with Crippen molar-refractivity contribution in [3.63, 3.8) is 0 Å². The highest BCUT2D eigenvalue weighted by atomic mass is 32.2. The van der Waals surface area contributed by atoms with Crippen LogP contribution >= 0.6 is 0 Å². The van der Waals surface area contributed by atoms with Crippen molar-refractivity contribution in [1.82, 2.24) is 9.62 Å². The monoisotopic (exact) mass is 577 g/mol. The Morgan fingerprint density at radius 1 is 1.00 bits per heavy atom. The molecule has 1 atom stereocenters. The first-order valence-electron chi connectivity index (χ1n) is 13.8. The van der Waals surface area contributed by atoms with E-state index in [0.29, 0.717) is 43.0 Å². The molecule has 216 valence electrons. The molecule has 0 spiro atoms. The van der Waals surface area contributed by atoms with Gasteiger partial charge in [0.15, 0.2) is 6.10 Å². The first kappa shape index (κ1) is 28.6. The number of carbonyl (C=O) groups excluding carboxylic acids is 2. The molecule has 0 saturated carbocycles. The molecule has 41 heavy (non-hydrogen) atoms. The first-order valence-corrected chi connectivity index (χ1v) is 15.3. The van der Waals surface area contributed by atoms with Crippen molar-refractivity contribution < 1.29 is 27.5 Å². The maximum absolute atomic E-state index is 13.8. The molecular formula is C31H35N3O6S. The van der Waals surface area contributed by atoms with Gasteiger partial charge in [-0.2, -0.15) is 4.31 Å². The second-order valence-electron chi connectivity index (χ2n) is 10.4. The van der Waals surface area contributed by atoms with E-state index in [1.807, 2.05) is 43.3 Å². The lowest BCUT2D eigenvalue weighted by atomic mass is 9.95. The summed E-state index contributed by atoms with van der Waals surface area (Å²) in [6, 6.07) is 22.1. The average Bonchev–Trinajstić information content (AvgIpc) is 3.00. The van der Waals surface area contributed by atoms with Gasteiger partial charge in [-0.15, -0.1) is 0 Å². The number of sulfonamides is 1. The normalized spacial score (nSPS) is 17.8. The molecule has 9 nitrogen and oxygen atoms in total. The number of nitrogens with zero attached hydrogens (tertiary/aromatic N) is 2. The van der Waals surface area contributed by atoms with E-state index in [9.17, 15) is 18.0 Å². The zero-order valence-corrected chi connectivity index (χ0v) is 24.1. The molecule has 3 aromatic rings. The zero-order chi connectivity index (χ0) is 29.0. The fourth-order valence-corrected chi connectivity index (χ4v) is 7.07. The number of piperidine rings is 1. The maximum Gasteiger partial charge on any atom is 0.262 e. The third kappa shape index (κ3) is 6.23. The van der Waals surface area contributed by atoms with Gasteiger partial charge in [0.25, 0.3) is 5.91 Å². The van der Waals surface area contributed by atoms with Crippen LogP contribution in [0.3, 0.4) is 0 Å². The fourth-order valence-electron chi connectivity index (χ4n) is 5.36. The number of benzene rings is 3. The number of hydrogen-bond acceptors (Lipinski definition) is 6. The summed E-state index contributed by atoms with van der Waals surface area (Å²) in [6.45, 7) is 2.81. The van der Waals surface area contributed by atoms with Crippen molar-refractivity contribution in [3.8, 4) is 11.5 Å². The number of hydrogen-bond donors (Lipinski definition) is 1. The van der Waals surface area contributed by atoms with E-state index in [4.69, 9.17) is 9.47 Å². The average molecular weight is 578 g/mol. The minimum Gasteiger partial charge on any atom is -0.495 e. The number of nitrogens with one attached hydrogen (secondary N) is 1. The Hall–Kier alpha value is -3.89. The van der Waals surface area contributed by atoms with Crippen LogP contribution in [0.15, 0.2) is 77.7 Å². The molecule has 0 bridgehead atoms. The highest BCUT2D eigenvalue weighted by Gasteiger charge is 2.39. The summed E-state index contributed by atoms with van der Waals surface area (Å²) in [6.07, 6.45) is 0.590. The van der Waals surface area contributed by atoms with Gasteiger partial charge in [0.05, 0.1) is 19.3 Å². The quantitative estimate of drug-likeness (QED) is 0.439. The molecule has 3 aromatic carbocycles.